The molecule has 0 amide bonds. The Morgan fingerprint density at radius 3 is 2.40 bits per heavy atom. The fourth-order valence-corrected chi connectivity index (χ4v) is 2.63. The third-order valence-corrected chi connectivity index (χ3v) is 3.79. The zero-order chi connectivity index (χ0) is 11.3. The Kier molecular flexibility index (Phi) is 5.07. The maximum absolute atomic E-state index is 5.49. The van der Waals surface area contributed by atoms with Gasteiger partial charge in [0.25, 0.3) is 0 Å². The van der Waals surface area contributed by atoms with Crippen molar-refractivity contribution in [2.24, 2.45) is 5.92 Å². The van der Waals surface area contributed by atoms with Gasteiger partial charge in [0.1, 0.15) is 0 Å². The molecule has 0 heterocycles. The summed E-state index contributed by atoms with van der Waals surface area (Å²) in [6, 6.07) is 0.614. The van der Waals surface area contributed by atoms with E-state index in [2.05, 4.69) is 26.2 Å². The zero-order valence-electron chi connectivity index (χ0n) is 10.8. The lowest BCUT2D eigenvalue weighted by Crippen LogP contribution is -2.36. The number of nitrogens with one attached hydrogen (secondary N) is 1. The normalized spacial score (nSPS) is 20.8. The first-order valence-corrected chi connectivity index (χ1v) is 6.30. The van der Waals surface area contributed by atoms with Gasteiger partial charge in [0.15, 0.2) is 0 Å². The van der Waals surface area contributed by atoms with Crippen LogP contribution >= 0.6 is 0 Å². The molecule has 1 atom stereocenters. The molecule has 1 unspecified atom stereocenters. The molecule has 1 aliphatic rings. The highest BCUT2D eigenvalue weighted by Crippen LogP contribution is 2.30. The topological polar surface area (TPSA) is 21.3 Å². The van der Waals surface area contributed by atoms with Crippen LogP contribution in [0, 0.1) is 5.92 Å². The number of hydrogen-bond donors (Lipinski definition) is 1. The predicted molar refractivity (Wildman–Crippen MR) is 65.1 cm³/mol. The van der Waals surface area contributed by atoms with Crippen LogP contribution in [0.3, 0.4) is 0 Å². The van der Waals surface area contributed by atoms with E-state index in [-0.39, 0.29) is 5.60 Å². The molecule has 0 aromatic rings. The third-order valence-electron chi connectivity index (χ3n) is 3.79. The Hall–Kier alpha value is -0.0800. The van der Waals surface area contributed by atoms with Gasteiger partial charge in [-0.3, -0.25) is 0 Å². The Labute approximate surface area is 94.8 Å². The molecule has 0 radical (unpaired) electrons. The molecule has 2 heteroatoms. The van der Waals surface area contributed by atoms with Crippen LogP contribution in [0.15, 0.2) is 0 Å². The van der Waals surface area contributed by atoms with E-state index in [0.717, 1.165) is 12.3 Å². The van der Waals surface area contributed by atoms with E-state index in [1.165, 1.54) is 32.1 Å². The van der Waals surface area contributed by atoms with Gasteiger partial charge in [0.2, 0.25) is 0 Å². The molecule has 1 N–H and O–H groups in total. The van der Waals surface area contributed by atoms with Crippen molar-refractivity contribution in [3.8, 4) is 0 Å². The summed E-state index contributed by atoms with van der Waals surface area (Å²) in [5.41, 5.74) is 0.00623. The van der Waals surface area contributed by atoms with Crippen LogP contribution in [0.5, 0.6) is 0 Å². The average Bonchev–Trinajstić information content (AvgIpc) is 2.69. The Balaban J connectivity index is 2.34. The molecule has 1 saturated carbocycles. The minimum atomic E-state index is 0.00623. The fourth-order valence-electron chi connectivity index (χ4n) is 2.63. The monoisotopic (exact) mass is 213 g/mol. The van der Waals surface area contributed by atoms with E-state index in [9.17, 15) is 0 Å². The minimum absolute atomic E-state index is 0.00623. The molecular weight excluding hydrogens is 186 g/mol. The quantitative estimate of drug-likeness (QED) is 0.732. The summed E-state index contributed by atoms with van der Waals surface area (Å²) in [5, 5.41) is 3.44. The van der Waals surface area contributed by atoms with Crippen molar-refractivity contribution in [3.63, 3.8) is 0 Å². The second kappa shape index (κ2) is 5.86. The number of rotatable bonds is 6. The summed E-state index contributed by atoms with van der Waals surface area (Å²) in [7, 11) is 3.88. The molecule has 0 aromatic carbocycles. The third kappa shape index (κ3) is 4.52. The van der Waals surface area contributed by atoms with Gasteiger partial charge in [-0.05, 0) is 39.7 Å². The SMILES string of the molecule is CNC(CC1CCCC1)CC(C)(C)OC. The van der Waals surface area contributed by atoms with Crippen LogP contribution in [-0.2, 0) is 4.74 Å². The smallest absolute Gasteiger partial charge is 0.0637 e. The van der Waals surface area contributed by atoms with Crippen molar-refractivity contribution >= 4 is 0 Å². The number of methoxy groups -OCH3 is 1. The first-order chi connectivity index (χ1) is 7.07. The standard InChI is InChI=1S/C13H27NO/c1-13(2,15-4)10-12(14-3)9-11-7-5-6-8-11/h11-12,14H,5-10H2,1-4H3. The first kappa shape index (κ1) is 13.0. The van der Waals surface area contributed by atoms with Crippen LogP contribution in [0.2, 0.25) is 0 Å². The minimum Gasteiger partial charge on any atom is -0.379 e. The Morgan fingerprint density at radius 1 is 1.33 bits per heavy atom. The second-order valence-corrected chi connectivity index (χ2v) is 5.54. The molecule has 0 saturated heterocycles. The van der Waals surface area contributed by atoms with Crippen LogP contribution in [0.1, 0.15) is 52.4 Å². The lowest BCUT2D eigenvalue weighted by atomic mass is 9.90. The highest BCUT2D eigenvalue weighted by molar-refractivity contribution is 4.81. The van der Waals surface area contributed by atoms with Crippen LogP contribution in [-0.4, -0.2) is 25.8 Å². The van der Waals surface area contributed by atoms with Gasteiger partial charge in [-0.2, -0.15) is 0 Å². The molecule has 0 aliphatic heterocycles. The lowest BCUT2D eigenvalue weighted by Gasteiger charge is -2.29. The van der Waals surface area contributed by atoms with Gasteiger partial charge in [0, 0.05) is 13.2 Å². The van der Waals surface area contributed by atoms with E-state index in [4.69, 9.17) is 4.74 Å². The summed E-state index contributed by atoms with van der Waals surface area (Å²) in [4.78, 5) is 0. The van der Waals surface area contributed by atoms with E-state index in [0.29, 0.717) is 6.04 Å². The fraction of sp³-hybridized carbons (Fsp3) is 1.00. The molecule has 0 aromatic heterocycles. The molecule has 2 nitrogen and oxygen atoms in total. The second-order valence-electron chi connectivity index (χ2n) is 5.54. The van der Waals surface area contributed by atoms with E-state index >= 15 is 0 Å². The average molecular weight is 213 g/mol. The van der Waals surface area contributed by atoms with Crippen LogP contribution < -0.4 is 5.32 Å². The lowest BCUT2D eigenvalue weighted by molar-refractivity contribution is 0.00574. The maximum Gasteiger partial charge on any atom is 0.0637 e. The highest BCUT2D eigenvalue weighted by Gasteiger charge is 2.25. The van der Waals surface area contributed by atoms with Gasteiger partial charge >= 0.3 is 0 Å². The van der Waals surface area contributed by atoms with E-state index < -0.39 is 0 Å². The predicted octanol–water partition coefficient (Wildman–Crippen LogP) is 2.97. The summed E-state index contributed by atoms with van der Waals surface area (Å²) in [5.74, 6) is 0.954. The summed E-state index contributed by atoms with van der Waals surface area (Å²) in [6.45, 7) is 4.35. The van der Waals surface area contributed by atoms with Gasteiger partial charge < -0.3 is 10.1 Å². The van der Waals surface area contributed by atoms with Gasteiger partial charge in [-0.1, -0.05) is 25.7 Å². The number of hydrogen-bond acceptors (Lipinski definition) is 2. The zero-order valence-corrected chi connectivity index (χ0v) is 10.8. The van der Waals surface area contributed by atoms with Gasteiger partial charge in [0.05, 0.1) is 5.60 Å². The van der Waals surface area contributed by atoms with Gasteiger partial charge in [-0.25, -0.2) is 0 Å². The highest BCUT2D eigenvalue weighted by atomic mass is 16.5. The van der Waals surface area contributed by atoms with Crippen LogP contribution in [0.4, 0.5) is 0 Å². The molecule has 1 fully saturated rings. The van der Waals surface area contributed by atoms with Crippen molar-refractivity contribution < 1.29 is 4.74 Å². The van der Waals surface area contributed by atoms with Crippen molar-refractivity contribution in [1.82, 2.24) is 5.32 Å². The largest absolute Gasteiger partial charge is 0.379 e. The molecule has 15 heavy (non-hydrogen) atoms. The van der Waals surface area contributed by atoms with Crippen LogP contribution in [0.25, 0.3) is 0 Å². The van der Waals surface area contributed by atoms with Crippen molar-refractivity contribution in [2.75, 3.05) is 14.2 Å². The molecule has 0 bridgehead atoms. The van der Waals surface area contributed by atoms with Crippen molar-refractivity contribution in [2.45, 2.75) is 64.0 Å². The summed E-state index contributed by atoms with van der Waals surface area (Å²) < 4.78 is 5.49. The summed E-state index contributed by atoms with van der Waals surface area (Å²) in [6.07, 6.45) is 8.18. The van der Waals surface area contributed by atoms with Crippen molar-refractivity contribution in [3.05, 3.63) is 0 Å². The van der Waals surface area contributed by atoms with E-state index in [1.54, 1.807) is 0 Å². The Bertz CT molecular complexity index is 173. The first-order valence-electron chi connectivity index (χ1n) is 6.30. The van der Waals surface area contributed by atoms with E-state index in [1.807, 2.05) is 7.11 Å². The summed E-state index contributed by atoms with van der Waals surface area (Å²) >= 11 is 0. The van der Waals surface area contributed by atoms with Crippen molar-refractivity contribution in [1.29, 1.82) is 0 Å². The maximum atomic E-state index is 5.49. The molecular formula is C13H27NO. The molecule has 1 aliphatic carbocycles. The number of ether oxygens (including phenoxy) is 1. The Morgan fingerprint density at radius 2 is 1.93 bits per heavy atom. The molecule has 1 rings (SSSR count). The molecule has 90 valence electrons. The molecule has 0 spiro atoms. The van der Waals surface area contributed by atoms with Gasteiger partial charge in [-0.15, -0.1) is 0 Å².